The van der Waals surface area contributed by atoms with Gasteiger partial charge in [0.15, 0.2) is 5.96 Å². The van der Waals surface area contributed by atoms with E-state index in [9.17, 15) is 4.79 Å². The molecule has 0 bridgehead atoms. The Morgan fingerprint density at radius 1 is 1.43 bits per heavy atom. The van der Waals surface area contributed by atoms with E-state index in [2.05, 4.69) is 22.1 Å². The van der Waals surface area contributed by atoms with Gasteiger partial charge < -0.3 is 19.7 Å². The van der Waals surface area contributed by atoms with E-state index in [0.29, 0.717) is 19.8 Å². The van der Waals surface area contributed by atoms with Gasteiger partial charge in [0.05, 0.1) is 12.5 Å². The molecule has 0 saturated carbocycles. The minimum atomic E-state index is -0.0857. The number of aliphatic imine (C=N–C) groups is 1. The van der Waals surface area contributed by atoms with Gasteiger partial charge in [-0.2, -0.15) is 0 Å². The van der Waals surface area contributed by atoms with E-state index in [1.54, 1.807) is 7.11 Å². The molecule has 1 fully saturated rings. The molecule has 6 heteroatoms. The average molecular weight is 299 g/mol. The second-order valence-corrected chi connectivity index (χ2v) is 5.12. The first-order valence-electron chi connectivity index (χ1n) is 7.91. The number of nitrogens with zero attached hydrogens (tertiary/aromatic N) is 2. The first-order chi connectivity index (χ1) is 10.2. The fourth-order valence-electron chi connectivity index (χ4n) is 2.44. The normalized spacial score (nSPS) is 19.5. The number of esters is 1. The van der Waals surface area contributed by atoms with Crippen LogP contribution in [-0.4, -0.2) is 63.3 Å². The molecule has 0 aromatic carbocycles. The van der Waals surface area contributed by atoms with E-state index in [1.807, 2.05) is 6.92 Å². The lowest BCUT2D eigenvalue weighted by molar-refractivity contribution is -0.149. The molecule has 0 aromatic heterocycles. The van der Waals surface area contributed by atoms with Crippen molar-refractivity contribution in [2.75, 3.05) is 46.5 Å². The molecule has 1 rings (SSSR count). The van der Waals surface area contributed by atoms with Crippen molar-refractivity contribution in [3.05, 3.63) is 0 Å². The zero-order valence-corrected chi connectivity index (χ0v) is 13.6. The molecule has 1 atom stereocenters. The fraction of sp³-hybridized carbons (Fsp3) is 0.867. The third-order valence-corrected chi connectivity index (χ3v) is 3.44. The first-order valence-corrected chi connectivity index (χ1v) is 7.91. The lowest BCUT2D eigenvalue weighted by atomic mass is 9.98. The third-order valence-electron chi connectivity index (χ3n) is 3.44. The summed E-state index contributed by atoms with van der Waals surface area (Å²) < 4.78 is 10.2. The fourth-order valence-corrected chi connectivity index (χ4v) is 2.44. The Morgan fingerprint density at radius 2 is 2.24 bits per heavy atom. The molecule has 1 heterocycles. The SMILES string of the molecule is CCNC(=NCCCOC)N1CCCC(C(=O)OCC)C1. The Bertz CT molecular complexity index is 334. The van der Waals surface area contributed by atoms with Gasteiger partial charge in [-0.1, -0.05) is 0 Å². The largest absolute Gasteiger partial charge is 0.466 e. The van der Waals surface area contributed by atoms with E-state index < -0.39 is 0 Å². The number of rotatable bonds is 7. The number of likely N-dealkylation sites (tertiary alicyclic amines) is 1. The molecule has 1 aliphatic rings. The molecular weight excluding hydrogens is 270 g/mol. The Hall–Kier alpha value is -1.30. The maximum absolute atomic E-state index is 11.9. The van der Waals surface area contributed by atoms with Crippen LogP contribution in [0.15, 0.2) is 4.99 Å². The lowest BCUT2D eigenvalue weighted by Crippen LogP contribution is -2.48. The summed E-state index contributed by atoms with van der Waals surface area (Å²) in [6.07, 6.45) is 2.80. The second-order valence-electron chi connectivity index (χ2n) is 5.12. The van der Waals surface area contributed by atoms with Gasteiger partial charge in [0.1, 0.15) is 0 Å². The average Bonchev–Trinajstić information content (AvgIpc) is 2.51. The minimum absolute atomic E-state index is 0.0402. The maximum Gasteiger partial charge on any atom is 0.310 e. The number of nitrogens with one attached hydrogen (secondary N) is 1. The van der Waals surface area contributed by atoms with E-state index in [4.69, 9.17) is 9.47 Å². The van der Waals surface area contributed by atoms with Crippen molar-refractivity contribution in [3.63, 3.8) is 0 Å². The van der Waals surface area contributed by atoms with Crippen LogP contribution in [0.1, 0.15) is 33.1 Å². The topological polar surface area (TPSA) is 63.2 Å². The molecule has 0 aromatic rings. The number of carbonyl (C=O) groups is 1. The van der Waals surface area contributed by atoms with Gasteiger partial charge in [-0.15, -0.1) is 0 Å². The molecule has 0 spiro atoms. The number of guanidine groups is 1. The summed E-state index contributed by atoms with van der Waals surface area (Å²) in [4.78, 5) is 18.7. The summed E-state index contributed by atoms with van der Waals surface area (Å²) in [5, 5.41) is 3.30. The number of piperidine rings is 1. The molecule has 1 saturated heterocycles. The van der Waals surface area contributed by atoms with Gasteiger partial charge >= 0.3 is 5.97 Å². The molecular formula is C15H29N3O3. The zero-order valence-electron chi connectivity index (χ0n) is 13.6. The first kappa shape index (κ1) is 17.8. The second kappa shape index (κ2) is 10.4. The third kappa shape index (κ3) is 6.33. The monoisotopic (exact) mass is 299 g/mol. The van der Waals surface area contributed by atoms with Crippen LogP contribution in [0.25, 0.3) is 0 Å². The summed E-state index contributed by atoms with van der Waals surface area (Å²) in [5.41, 5.74) is 0. The van der Waals surface area contributed by atoms with Crippen molar-refractivity contribution in [2.45, 2.75) is 33.1 Å². The minimum Gasteiger partial charge on any atom is -0.466 e. The number of hydrogen-bond acceptors (Lipinski definition) is 4. The van der Waals surface area contributed by atoms with Crippen molar-refractivity contribution < 1.29 is 14.3 Å². The number of hydrogen-bond donors (Lipinski definition) is 1. The Balaban J connectivity index is 2.58. The predicted octanol–water partition coefficient (Wildman–Crippen LogP) is 1.26. The van der Waals surface area contributed by atoms with Crippen molar-refractivity contribution >= 4 is 11.9 Å². The van der Waals surface area contributed by atoms with Crippen LogP contribution in [0.4, 0.5) is 0 Å². The number of ether oxygens (including phenoxy) is 2. The summed E-state index contributed by atoms with van der Waals surface area (Å²) >= 11 is 0. The highest BCUT2D eigenvalue weighted by molar-refractivity contribution is 5.81. The van der Waals surface area contributed by atoms with Gasteiger partial charge in [-0.3, -0.25) is 9.79 Å². The van der Waals surface area contributed by atoms with E-state index in [0.717, 1.165) is 44.9 Å². The molecule has 122 valence electrons. The molecule has 0 amide bonds. The van der Waals surface area contributed by atoms with E-state index in [1.165, 1.54) is 0 Å². The summed E-state index contributed by atoms with van der Waals surface area (Å²) in [6.45, 7) is 8.24. The highest BCUT2D eigenvalue weighted by Gasteiger charge is 2.28. The van der Waals surface area contributed by atoms with Crippen LogP contribution in [0.3, 0.4) is 0 Å². The molecule has 0 radical (unpaired) electrons. The van der Waals surface area contributed by atoms with Crippen molar-refractivity contribution in [1.29, 1.82) is 0 Å². The van der Waals surface area contributed by atoms with Gasteiger partial charge in [-0.05, 0) is 33.1 Å². The van der Waals surface area contributed by atoms with Gasteiger partial charge in [-0.25, -0.2) is 0 Å². The molecule has 0 aliphatic carbocycles. The van der Waals surface area contributed by atoms with Crippen LogP contribution >= 0.6 is 0 Å². The van der Waals surface area contributed by atoms with Crippen LogP contribution in [0, 0.1) is 5.92 Å². The lowest BCUT2D eigenvalue weighted by Gasteiger charge is -2.34. The van der Waals surface area contributed by atoms with Crippen LogP contribution in [0.2, 0.25) is 0 Å². The molecule has 6 nitrogen and oxygen atoms in total. The maximum atomic E-state index is 11.9. The molecule has 1 aliphatic heterocycles. The zero-order chi connectivity index (χ0) is 15.5. The Kier molecular flexibility index (Phi) is 8.82. The van der Waals surface area contributed by atoms with Gasteiger partial charge in [0.25, 0.3) is 0 Å². The predicted molar refractivity (Wildman–Crippen MR) is 83.4 cm³/mol. The quantitative estimate of drug-likeness (QED) is 0.332. The number of carbonyl (C=O) groups excluding carboxylic acids is 1. The standard InChI is InChI=1S/C15H29N3O3/c1-4-16-15(17-9-7-11-20-3)18-10-6-8-13(12-18)14(19)21-5-2/h13H,4-12H2,1-3H3,(H,16,17). The van der Waals surface area contributed by atoms with Crippen LogP contribution < -0.4 is 5.32 Å². The highest BCUT2D eigenvalue weighted by Crippen LogP contribution is 2.18. The molecule has 1 unspecified atom stereocenters. The summed E-state index contributed by atoms with van der Waals surface area (Å²) in [7, 11) is 1.70. The van der Waals surface area contributed by atoms with Crippen molar-refractivity contribution in [1.82, 2.24) is 10.2 Å². The molecule has 1 N–H and O–H groups in total. The van der Waals surface area contributed by atoms with Crippen molar-refractivity contribution in [3.8, 4) is 0 Å². The van der Waals surface area contributed by atoms with E-state index >= 15 is 0 Å². The Labute approximate surface area is 127 Å². The van der Waals surface area contributed by atoms with Gasteiger partial charge in [0.2, 0.25) is 0 Å². The van der Waals surface area contributed by atoms with Gasteiger partial charge in [0, 0.05) is 39.9 Å². The Morgan fingerprint density at radius 3 is 2.90 bits per heavy atom. The summed E-state index contributed by atoms with van der Waals surface area (Å²) in [5.74, 6) is 0.765. The summed E-state index contributed by atoms with van der Waals surface area (Å²) in [6, 6.07) is 0. The van der Waals surface area contributed by atoms with E-state index in [-0.39, 0.29) is 11.9 Å². The molecule has 21 heavy (non-hydrogen) atoms. The highest BCUT2D eigenvalue weighted by atomic mass is 16.5. The van der Waals surface area contributed by atoms with Crippen LogP contribution in [0.5, 0.6) is 0 Å². The van der Waals surface area contributed by atoms with Crippen LogP contribution in [-0.2, 0) is 14.3 Å². The number of methoxy groups -OCH3 is 1. The van der Waals surface area contributed by atoms with Crippen molar-refractivity contribution in [2.24, 2.45) is 10.9 Å². The smallest absolute Gasteiger partial charge is 0.310 e.